The molecule has 1 saturated heterocycles. The van der Waals surface area contributed by atoms with Crippen molar-refractivity contribution in [2.24, 2.45) is 0 Å². The lowest BCUT2D eigenvalue weighted by molar-refractivity contribution is 0.162. The van der Waals surface area contributed by atoms with Crippen LogP contribution < -0.4 is 10.1 Å². The number of nitrogens with one attached hydrogen (secondary N) is 1. The van der Waals surface area contributed by atoms with Gasteiger partial charge in [-0.25, -0.2) is 0 Å². The minimum Gasteiger partial charge on any atom is -0.497 e. The molecule has 4 heteroatoms. The average Bonchev–Trinajstić information content (AvgIpc) is 2.92. The van der Waals surface area contributed by atoms with Crippen LogP contribution in [0.25, 0.3) is 0 Å². The first-order valence-electron chi connectivity index (χ1n) is 8.83. The molecule has 2 heterocycles. The fraction of sp³-hybridized carbons (Fsp3) is 0.450. The summed E-state index contributed by atoms with van der Waals surface area (Å²) in [4.78, 5) is 7.11. The average molecular weight is 325 g/mol. The van der Waals surface area contributed by atoms with Gasteiger partial charge in [-0.15, -0.1) is 0 Å². The summed E-state index contributed by atoms with van der Waals surface area (Å²) in [5, 5.41) is 3.52. The van der Waals surface area contributed by atoms with Gasteiger partial charge in [-0.05, 0) is 62.2 Å². The summed E-state index contributed by atoms with van der Waals surface area (Å²) in [7, 11) is 1.71. The van der Waals surface area contributed by atoms with Crippen LogP contribution in [-0.4, -0.2) is 36.1 Å². The Hall–Kier alpha value is -1.91. The third-order valence-electron chi connectivity index (χ3n) is 4.70. The molecule has 1 N–H and O–H groups in total. The molecule has 0 saturated carbocycles. The van der Waals surface area contributed by atoms with Gasteiger partial charge in [0, 0.05) is 25.3 Å². The van der Waals surface area contributed by atoms with Gasteiger partial charge in [-0.3, -0.25) is 9.88 Å². The van der Waals surface area contributed by atoms with E-state index in [1.54, 1.807) is 7.11 Å². The highest BCUT2D eigenvalue weighted by Crippen LogP contribution is 2.20. The predicted octanol–water partition coefficient (Wildman–Crippen LogP) is 3.23. The molecule has 1 aromatic heterocycles. The Kier molecular flexibility index (Phi) is 6.21. The van der Waals surface area contributed by atoms with Gasteiger partial charge in [0.15, 0.2) is 0 Å². The molecule has 0 amide bonds. The Morgan fingerprint density at radius 1 is 1.08 bits per heavy atom. The van der Waals surface area contributed by atoms with E-state index in [-0.39, 0.29) is 0 Å². The molecule has 0 spiro atoms. The van der Waals surface area contributed by atoms with Gasteiger partial charge in [0.1, 0.15) is 5.75 Å². The number of hydrogen-bond donors (Lipinski definition) is 1. The van der Waals surface area contributed by atoms with E-state index in [2.05, 4.69) is 39.5 Å². The van der Waals surface area contributed by atoms with Crippen LogP contribution in [0.3, 0.4) is 0 Å². The second-order valence-corrected chi connectivity index (χ2v) is 6.41. The normalized spacial score (nSPS) is 18.3. The summed E-state index contributed by atoms with van der Waals surface area (Å²) in [5.41, 5.74) is 2.46. The largest absolute Gasteiger partial charge is 0.497 e. The van der Waals surface area contributed by atoms with Crippen molar-refractivity contribution in [2.75, 3.05) is 20.2 Å². The summed E-state index contributed by atoms with van der Waals surface area (Å²) >= 11 is 0. The molecule has 1 fully saturated rings. The van der Waals surface area contributed by atoms with E-state index in [1.807, 2.05) is 24.4 Å². The first-order valence-corrected chi connectivity index (χ1v) is 8.83. The van der Waals surface area contributed by atoms with E-state index in [0.29, 0.717) is 6.04 Å². The van der Waals surface area contributed by atoms with Crippen LogP contribution in [0.5, 0.6) is 5.75 Å². The standard InChI is InChI=1S/C20H27N3O/c1-24-20-9-7-17(8-10-20)15-23(16-18-5-2-3-13-22-18)19-6-4-12-21-14-11-19/h2-3,5,7-10,13,19,21H,4,6,11-12,14-16H2,1H3/t19-/m0/s1. The van der Waals surface area contributed by atoms with E-state index in [4.69, 9.17) is 4.74 Å². The highest BCUT2D eigenvalue weighted by Gasteiger charge is 2.20. The van der Waals surface area contributed by atoms with Crippen LogP contribution in [0.1, 0.15) is 30.5 Å². The van der Waals surface area contributed by atoms with Crippen molar-refractivity contribution in [3.05, 3.63) is 59.9 Å². The Bertz CT molecular complexity index is 592. The lowest BCUT2D eigenvalue weighted by Crippen LogP contribution is -2.35. The fourth-order valence-corrected chi connectivity index (χ4v) is 3.35. The molecule has 1 aromatic carbocycles. The first-order chi connectivity index (χ1) is 11.8. The summed E-state index contributed by atoms with van der Waals surface area (Å²) in [6.07, 6.45) is 5.57. The van der Waals surface area contributed by atoms with E-state index in [0.717, 1.165) is 37.6 Å². The van der Waals surface area contributed by atoms with E-state index in [9.17, 15) is 0 Å². The highest BCUT2D eigenvalue weighted by molar-refractivity contribution is 5.27. The van der Waals surface area contributed by atoms with E-state index < -0.39 is 0 Å². The monoisotopic (exact) mass is 325 g/mol. The molecule has 1 aliphatic rings. The maximum Gasteiger partial charge on any atom is 0.118 e. The molecule has 2 aromatic rings. The van der Waals surface area contributed by atoms with Crippen LogP contribution >= 0.6 is 0 Å². The SMILES string of the molecule is COc1ccc(CN(Cc2ccccn2)[C@H]2CCCNCC2)cc1. The fourth-order valence-electron chi connectivity index (χ4n) is 3.35. The molecule has 24 heavy (non-hydrogen) atoms. The smallest absolute Gasteiger partial charge is 0.118 e. The van der Waals surface area contributed by atoms with Gasteiger partial charge in [-0.1, -0.05) is 18.2 Å². The van der Waals surface area contributed by atoms with Gasteiger partial charge >= 0.3 is 0 Å². The van der Waals surface area contributed by atoms with Crippen LogP contribution in [0.4, 0.5) is 0 Å². The van der Waals surface area contributed by atoms with Crippen LogP contribution in [0, 0.1) is 0 Å². The van der Waals surface area contributed by atoms with Gasteiger partial charge < -0.3 is 10.1 Å². The maximum absolute atomic E-state index is 5.27. The van der Waals surface area contributed by atoms with Crippen molar-refractivity contribution in [1.82, 2.24) is 15.2 Å². The highest BCUT2D eigenvalue weighted by atomic mass is 16.5. The van der Waals surface area contributed by atoms with Crippen LogP contribution in [-0.2, 0) is 13.1 Å². The molecular formula is C20H27N3O. The minimum atomic E-state index is 0.601. The zero-order valence-corrected chi connectivity index (χ0v) is 14.4. The zero-order chi connectivity index (χ0) is 16.6. The molecule has 128 valence electrons. The molecule has 0 bridgehead atoms. The topological polar surface area (TPSA) is 37.4 Å². The van der Waals surface area contributed by atoms with Crippen molar-refractivity contribution >= 4 is 0 Å². The maximum atomic E-state index is 5.27. The number of hydrogen-bond acceptors (Lipinski definition) is 4. The van der Waals surface area contributed by atoms with Crippen molar-refractivity contribution < 1.29 is 4.74 Å². The number of ether oxygens (including phenoxy) is 1. The Morgan fingerprint density at radius 3 is 2.71 bits per heavy atom. The zero-order valence-electron chi connectivity index (χ0n) is 14.4. The predicted molar refractivity (Wildman–Crippen MR) is 97.0 cm³/mol. The van der Waals surface area contributed by atoms with Gasteiger partial charge in [-0.2, -0.15) is 0 Å². The van der Waals surface area contributed by atoms with Gasteiger partial charge in [0.2, 0.25) is 0 Å². The molecule has 0 aliphatic carbocycles. The van der Waals surface area contributed by atoms with Gasteiger partial charge in [0.05, 0.1) is 12.8 Å². The number of nitrogens with zero attached hydrogens (tertiary/aromatic N) is 2. The lowest BCUT2D eigenvalue weighted by atomic mass is 10.1. The Labute approximate surface area is 144 Å². The van der Waals surface area contributed by atoms with Crippen molar-refractivity contribution in [1.29, 1.82) is 0 Å². The molecule has 0 radical (unpaired) electrons. The first kappa shape index (κ1) is 16.9. The summed E-state index contributed by atoms with van der Waals surface area (Å²) in [6.45, 7) is 4.09. The van der Waals surface area contributed by atoms with E-state index in [1.165, 1.54) is 24.8 Å². The summed E-state index contributed by atoms with van der Waals surface area (Å²) in [6, 6.07) is 15.2. The molecule has 1 aliphatic heterocycles. The third kappa shape index (κ3) is 4.79. The van der Waals surface area contributed by atoms with Crippen LogP contribution in [0.15, 0.2) is 48.7 Å². The third-order valence-corrected chi connectivity index (χ3v) is 4.70. The summed E-state index contributed by atoms with van der Waals surface area (Å²) in [5.74, 6) is 0.911. The molecule has 1 atom stereocenters. The Balaban J connectivity index is 1.74. The number of pyridine rings is 1. The van der Waals surface area contributed by atoms with E-state index >= 15 is 0 Å². The van der Waals surface area contributed by atoms with Crippen molar-refractivity contribution in [2.45, 2.75) is 38.4 Å². The number of aromatic nitrogens is 1. The quantitative estimate of drug-likeness (QED) is 0.885. The number of methoxy groups -OCH3 is 1. The molecule has 3 rings (SSSR count). The molecule has 4 nitrogen and oxygen atoms in total. The van der Waals surface area contributed by atoms with Crippen molar-refractivity contribution in [3.63, 3.8) is 0 Å². The second-order valence-electron chi connectivity index (χ2n) is 6.41. The second kappa shape index (κ2) is 8.81. The minimum absolute atomic E-state index is 0.601. The van der Waals surface area contributed by atoms with Crippen LogP contribution in [0.2, 0.25) is 0 Å². The lowest BCUT2D eigenvalue weighted by Gasteiger charge is -2.31. The Morgan fingerprint density at radius 2 is 1.96 bits per heavy atom. The number of benzene rings is 1. The van der Waals surface area contributed by atoms with Gasteiger partial charge in [0.25, 0.3) is 0 Å². The molecule has 0 unspecified atom stereocenters. The number of rotatable bonds is 6. The van der Waals surface area contributed by atoms with Crippen molar-refractivity contribution in [3.8, 4) is 5.75 Å². The summed E-state index contributed by atoms with van der Waals surface area (Å²) < 4.78 is 5.27. The molecular weight excluding hydrogens is 298 g/mol.